The molecule has 2 aromatic carbocycles. The van der Waals surface area contributed by atoms with E-state index >= 15 is 0 Å². The maximum absolute atomic E-state index is 13.8. The number of carbonyl (C=O) groups excluding carboxylic acids is 1. The highest BCUT2D eigenvalue weighted by Crippen LogP contribution is 2.34. The highest BCUT2D eigenvalue weighted by molar-refractivity contribution is 5.95. The summed E-state index contributed by atoms with van der Waals surface area (Å²) in [5, 5.41) is 3.84. The third kappa shape index (κ3) is 3.90. The Labute approximate surface area is 159 Å². The molecule has 1 aromatic heterocycles. The number of alkyl halides is 3. The monoisotopic (exact) mass is 391 g/mol. The van der Waals surface area contributed by atoms with Crippen molar-refractivity contribution < 1.29 is 22.4 Å². The summed E-state index contributed by atoms with van der Waals surface area (Å²) in [5.74, 6) is -1.26. The minimum atomic E-state index is -4.78. The van der Waals surface area contributed by atoms with Crippen LogP contribution in [0.2, 0.25) is 0 Å². The van der Waals surface area contributed by atoms with Crippen LogP contribution in [0.5, 0.6) is 0 Å². The van der Waals surface area contributed by atoms with Crippen LogP contribution in [0.3, 0.4) is 0 Å². The number of nitrogens with zero attached hydrogens (tertiary/aromatic N) is 3. The highest BCUT2D eigenvalue weighted by atomic mass is 19.4. The number of benzene rings is 2. The summed E-state index contributed by atoms with van der Waals surface area (Å²) in [6, 6.07) is 11.9. The molecule has 1 amide bonds. The zero-order valence-electron chi connectivity index (χ0n) is 15.2. The standard InChI is InChI=1S/C20H17F4N3O/c1-13-5-3-4-6-17(13)27-18(20(22,23)24)16(11-25-27)19(28)26(2)12-14-7-9-15(21)10-8-14/h3-11H,12H2,1-2H3. The maximum Gasteiger partial charge on any atom is 0.434 e. The Kier molecular flexibility index (Phi) is 5.22. The fourth-order valence-corrected chi connectivity index (χ4v) is 2.90. The van der Waals surface area contributed by atoms with Crippen LogP contribution in [0.1, 0.15) is 27.2 Å². The quantitative estimate of drug-likeness (QED) is 0.609. The molecule has 0 aliphatic rings. The third-order valence-corrected chi connectivity index (χ3v) is 4.29. The molecule has 0 bridgehead atoms. The van der Waals surface area contributed by atoms with Gasteiger partial charge in [-0.3, -0.25) is 4.79 Å². The number of aromatic nitrogens is 2. The summed E-state index contributed by atoms with van der Waals surface area (Å²) in [7, 11) is 1.39. The average Bonchev–Trinajstić information content (AvgIpc) is 3.08. The molecule has 146 valence electrons. The summed E-state index contributed by atoms with van der Waals surface area (Å²) in [5.41, 5.74) is -0.236. The van der Waals surface area contributed by atoms with Crippen molar-refractivity contribution in [1.82, 2.24) is 14.7 Å². The Bertz CT molecular complexity index is 993. The molecule has 0 saturated carbocycles. The van der Waals surface area contributed by atoms with Crippen LogP contribution in [0, 0.1) is 12.7 Å². The van der Waals surface area contributed by atoms with Crippen LogP contribution < -0.4 is 0 Å². The lowest BCUT2D eigenvalue weighted by atomic mass is 10.1. The van der Waals surface area contributed by atoms with Gasteiger partial charge in [0.05, 0.1) is 17.4 Å². The number of hydrogen-bond acceptors (Lipinski definition) is 2. The van der Waals surface area contributed by atoms with Gasteiger partial charge >= 0.3 is 6.18 Å². The first-order valence-electron chi connectivity index (χ1n) is 8.39. The number of hydrogen-bond donors (Lipinski definition) is 0. The lowest BCUT2D eigenvalue weighted by Crippen LogP contribution is -2.28. The molecule has 0 radical (unpaired) electrons. The SMILES string of the molecule is Cc1ccccc1-n1ncc(C(=O)N(C)Cc2ccc(F)cc2)c1C(F)(F)F. The first kappa shape index (κ1) is 19.6. The molecule has 0 N–H and O–H groups in total. The van der Waals surface area contributed by atoms with E-state index in [0.717, 1.165) is 15.8 Å². The fourth-order valence-electron chi connectivity index (χ4n) is 2.90. The molecule has 4 nitrogen and oxygen atoms in total. The second kappa shape index (κ2) is 7.46. The molecule has 0 aliphatic heterocycles. The Morgan fingerprint density at radius 1 is 1.11 bits per heavy atom. The highest BCUT2D eigenvalue weighted by Gasteiger charge is 2.41. The molecule has 0 aliphatic carbocycles. The number of halogens is 4. The van der Waals surface area contributed by atoms with Gasteiger partial charge in [-0.05, 0) is 36.2 Å². The van der Waals surface area contributed by atoms with Gasteiger partial charge in [-0.2, -0.15) is 18.3 Å². The van der Waals surface area contributed by atoms with Gasteiger partial charge in [0.1, 0.15) is 5.82 Å². The van der Waals surface area contributed by atoms with Gasteiger partial charge in [0.15, 0.2) is 5.69 Å². The van der Waals surface area contributed by atoms with Crippen LogP contribution >= 0.6 is 0 Å². The van der Waals surface area contributed by atoms with Crippen LogP contribution in [0.25, 0.3) is 5.69 Å². The first-order chi connectivity index (χ1) is 13.2. The Morgan fingerprint density at radius 2 is 1.75 bits per heavy atom. The van der Waals surface area contributed by atoms with Gasteiger partial charge < -0.3 is 4.90 Å². The molecule has 0 atom stereocenters. The Hall–Kier alpha value is -3.16. The minimum absolute atomic E-state index is 0.0337. The molecule has 3 rings (SSSR count). The van der Waals surface area contributed by atoms with Gasteiger partial charge in [-0.25, -0.2) is 9.07 Å². The van der Waals surface area contributed by atoms with E-state index in [1.54, 1.807) is 25.1 Å². The second-order valence-corrected chi connectivity index (χ2v) is 6.39. The molecule has 3 aromatic rings. The topological polar surface area (TPSA) is 38.1 Å². The van der Waals surface area contributed by atoms with E-state index in [1.165, 1.54) is 37.4 Å². The molecular weight excluding hydrogens is 374 g/mol. The molecule has 28 heavy (non-hydrogen) atoms. The van der Waals surface area contributed by atoms with Crippen molar-refractivity contribution in [2.75, 3.05) is 7.05 Å². The number of amides is 1. The van der Waals surface area contributed by atoms with E-state index in [-0.39, 0.29) is 12.2 Å². The smallest absolute Gasteiger partial charge is 0.337 e. The lowest BCUT2D eigenvalue weighted by molar-refractivity contribution is -0.143. The van der Waals surface area contributed by atoms with E-state index in [2.05, 4.69) is 5.10 Å². The van der Waals surface area contributed by atoms with Crippen LogP contribution in [0.15, 0.2) is 54.7 Å². The first-order valence-corrected chi connectivity index (χ1v) is 8.39. The van der Waals surface area contributed by atoms with Crippen molar-refractivity contribution in [1.29, 1.82) is 0 Å². The van der Waals surface area contributed by atoms with Crippen LogP contribution in [-0.4, -0.2) is 27.6 Å². The molecule has 0 fully saturated rings. The normalized spacial score (nSPS) is 11.5. The van der Waals surface area contributed by atoms with E-state index in [0.29, 0.717) is 11.1 Å². The number of carbonyl (C=O) groups is 1. The molecular formula is C20H17F4N3O. The minimum Gasteiger partial charge on any atom is -0.337 e. The third-order valence-electron chi connectivity index (χ3n) is 4.29. The average molecular weight is 391 g/mol. The summed E-state index contributed by atoms with van der Waals surface area (Å²) in [6.07, 6.45) is -3.85. The molecule has 0 saturated heterocycles. The summed E-state index contributed by atoms with van der Waals surface area (Å²) >= 11 is 0. The Balaban J connectivity index is 1.98. The number of para-hydroxylation sites is 1. The van der Waals surface area contributed by atoms with Crippen LogP contribution in [-0.2, 0) is 12.7 Å². The van der Waals surface area contributed by atoms with Gasteiger partial charge in [0, 0.05) is 13.6 Å². The van der Waals surface area contributed by atoms with Gasteiger partial charge in [-0.15, -0.1) is 0 Å². The summed E-state index contributed by atoms with van der Waals surface area (Å²) in [6.45, 7) is 1.70. The molecule has 1 heterocycles. The van der Waals surface area contributed by atoms with Crippen molar-refractivity contribution in [3.05, 3.63) is 82.9 Å². The lowest BCUT2D eigenvalue weighted by Gasteiger charge is -2.19. The van der Waals surface area contributed by atoms with E-state index in [1.807, 2.05) is 0 Å². The predicted octanol–water partition coefficient (Wildman–Crippen LogP) is 4.61. The molecule has 8 heteroatoms. The van der Waals surface area contributed by atoms with Crippen molar-refractivity contribution in [3.8, 4) is 5.69 Å². The predicted molar refractivity (Wildman–Crippen MR) is 95.5 cm³/mol. The van der Waals surface area contributed by atoms with Crippen molar-refractivity contribution in [2.24, 2.45) is 0 Å². The van der Waals surface area contributed by atoms with Crippen molar-refractivity contribution in [3.63, 3.8) is 0 Å². The van der Waals surface area contributed by atoms with Crippen molar-refractivity contribution >= 4 is 5.91 Å². The summed E-state index contributed by atoms with van der Waals surface area (Å²) in [4.78, 5) is 13.9. The summed E-state index contributed by atoms with van der Waals surface area (Å²) < 4.78 is 55.1. The second-order valence-electron chi connectivity index (χ2n) is 6.39. The van der Waals surface area contributed by atoms with E-state index < -0.39 is 29.2 Å². The van der Waals surface area contributed by atoms with Gasteiger partial charge in [-0.1, -0.05) is 30.3 Å². The van der Waals surface area contributed by atoms with E-state index in [4.69, 9.17) is 0 Å². The zero-order valence-corrected chi connectivity index (χ0v) is 15.2. The molecule has 0 spiro atoms. The fraction of sp³-hybridized carbons (Fsp3) is 0.200. The van der Waals surface area contributed by atoms with Gasteiger partial charge in [0.25, 0.3) is 5.91 Å². The maximum atomic E-state index is 13.8. The van der Waals surface area contributed by atoms with Crippen LogP contribution in [0.4, 0.5) is 17.6 Å². The van der Waals surface area contributed by atoms with E-state index in [9.17, 15) is 22.4 Å². The Morgan fingerprint density at radius 3 is 2.36 bits per heavy atom. The van der Waals surface area contributed by atoms with Crippen molar-refractivity contribution in [2.45, 2.75) is 19.6 Å². The van der Waals surface area contributed by atoms with Gasteiger partial charge in [0.2, 0.25) is 0 Å². The zero-order chi connectivity index (χ0) is 20.5. The largest absolute Gasteiger partial charge is 0.434 e. The number of aryl methyl sites for hydroxylation is 1. The molecule has 0 unspecified atom stereocenters. The number of rotatable bonds is 4.